The van der Waals surface area contributed by atoms with E-state index in [2.05, 4.69) is 15.2 Å². The molecule has 0 aliphatic carbocycles. The van der Waals surface area contributed by atoms with Gasteiger partial charge in [-0.25, -0.2) is 13.8 Å². The summed E-state index contributed by atoms with van der Waals surface area (Å²) in [4.78, 5) is 7.77. The molecule has 2 heterocycles. The van der Waals surface area contributed by atoms with E-state index >= 15 is 0 Å². The molecule has 0 bridgehead atoms. The van der Waals surface area contributed by atoms with Crippen LogP contribution in [-0.4, -0.2) is 36.1 Å². The summed E-state index contributed by atoms with van der Waals surface area (Å²) in [6.07, 6.45) is 0. The van der Waals surface area contributed by atoms with Crippen molar-refractivity contribution in [2.24, 2.45) is 0 Å². The van der Waals surface area contributed by atoms with Crippen molar-refractivity contribution in [3.63, 3.8) is 0 Å². The van der Waals surface area contributed by atoms with Crippen molar-refractivity contribution in [1.82, 2.24) is 15.2 Å². The van der Waals surface area contributed by atoms with E-state index < -0.39 is 11.6 Å². The molecule has 3 rings (SSSR count). The second kappa shape index (κ2) is 6.17. The Hall–Kier alpha value is -1.37. The fourth-order valence-corrected chi connectivity index (χ4v) is 3.61. The van der Waals surface area contributed by atoms with Crippen LogP contribution in [0.3, 0.4) is 0 Å². The molecule has 6 heteroatoms. The molecule has 3 nitrogen and oxygen atoms in total. The van der Waals surface area contributed by atoms with E-state index in [-0.39, 0.29) is 5.56 Å². The predicted octanol–water partition coefficient (Wildman–Crippen LogP) is 2.80. The number of aryl methyl sites for hydroxylation is 1. The van der Waals surface area contributed by atoms with E-state index in [0.717, 1.165) is 43.3 Å². The number of piperazine rings is 1. The summed E-state index contributed by atoms with van der Waals surface area (Å²) in [5.74, 6) is -1.12. The van der Waals surface area contributed by atoms with Crippen LogP contribution in [0.5, 0.6) is 0 Å². The Morgan fingerprint density at radius 2 is 1.90 bits per heavy atom. The molecular formula is C15H17F2N3S. The van der Waals surface area contributed by atoms with Gasteiger partial charge in [-0.3, -0.25) is 4.90 Å². The zero-order valence-corrected chi connectivity index (χ0v) is 12.6. The minimum Gasteiger partial charge on any atom is -0.314 e. The lowest BCUT2D eigenvalue weighted by Gasteiger charge is -2.26. The average Bonchev–Trinajstić information content (AvgIpc) is 2.81. The van der Waals surface area contributed by atoms with Gasteiger partial charge < -0.3 is 5.32 Å². The Morgan fingerprint density at radius 3 is 2.57 bits per heavy atom. The summed E-state index contributed by atoms with van der Waals surface area (Å²) in [6, 6.07) is 3.91. The number of hydrogen-bond donors (Lipinski definition) is 1. The summed E-state index contributed by atoms with van der Waals surface area (Å²) in [5, 5.41) is 3.73. The fourth-order valence-electron chi connectivity index (χ4n) is 2.46. The number of hydrogen-bond acceptors (Lipinski definition) is 4. The van der Waals surface area contributed by atoms with E-state index in [9.17, 15) is 8.78 Å². The molecule has 1 fully saturated rings. The lowest BCUT2D eigenvalue weighted by Crippen LogP contribution is -2.42. The van der Waals surface area contributed by atoms with Crippen LogP contribution in [0.25, 0.3) is 10.6 Å². The molecular weight excluding hydrogens is 292 g/mol. The number of benzene rings is 1. The van der Waals surface area contributed by atoms with Crippen molar-refractivity contribution in [2.45, 2.75) is 13.5 Å². The third kappa shape index (κ3) is 3.12. The standard InChI is InChI=1S/C15H17F2N3S/c1-10-13(9-20-7-5-18-6-8-20)21-15(19-10)14-11(16)3-2-4-12(14)17/h2-4,18H,5-9H2,1H3. The molecule has 0 spiro atoms. The first-order chi connectivity index (χ1) is 10.1. The maximum absolute atomic E-state index is 13.8. The van der Waals surface area contributed by atoms with Gasteiger partial charge >= 0.3 is 0 Å². The van der Waals surface area contributed by atoms with Crippen molar-refractivity contribution >= 4 is 11.3 Å². The molecule has 0 amide bonds. The van der Waals surface area contributed by atoms with E-state index in [1.807, 2.05) is 6.92 Å². The fraction of sp³-hybridized carbons (Fsp3) is 0.400. The van der Waals surface area contributed by atoms with E-state index in [1.54, 1.807) is 0 Å². The molecule has 1 N–H and O–H groups in total. The molecule has 1 aromatic heterocycles. The Kier molecular flexibility index (Phi) is 4.28. The molecule has 21 heavy (non-hydrogen) atoms. The molecule has 1 aromatic carbocycles. The van der Waals surface area contributed by atoms with Gasteiger partial charge in [-0.1, -0.05) is 6.07 Å². The molecule has 1 aliphatic rings. The molecule has 0 atom stereocenters. The van der Waals surface area contributed by atoms with Crippen molar-refractivity contribution < 1.29 is 8.78 Å². The molecule has 0 unspecified atom stereocenters. The lowest BCUT2D eigenvalue weighted by atomic mass is 10.2. The van der Waals surface area contributed by atoms with Crippen LogP contribution >= 0.6 is 11.3 Å². The quantitative estimate of drug-likeness (QED) is 0.945. The monoisotopic (exact) mass is 309 g/mol. The highest BCUT2D eigenvalue weighted by molar-refractivity contribution is 7.15. The van der Waals surface area contributed by atoms with Crippen LogP contribution < -0.4 is 5.32 Å². The summed E-state index contributed by atoms with van der Waals surface area (Å²) in [7, 11) is 0. The Labute approximate surface area is 126 Å². The van der Waals surface area contributed by atoms with Crippen molar-refractivity contribution in [1.29, 1.82) is 0 Å². The van der Waals surface area contributed by atoms with Gasteiger partial charge in [-0.05, 0) is 19.1 Å². The normalized spacial score (nSPS) is 16.3. The van der Waals surface area contributed by atoms with Gasteiger partial charge in [0, 0.05) is 37.6 Å². The average molecular weight is 309 g/mol. The summed E-state index contributed by atoms with van der Waals surface area (Å²) in [5.41, 5.74) is 0.841. The summed E-state index contributed by atoms with van der Waals surface area (Å²) in [6.45, 7) is 6.62. The van der Waals surface area contributed by atoms with Gasteiger partial charge in [-0.2, -0.15) is 0 Å². The molecule has 1 aliphatic heterocycles. The maximum atomic E-state index is 13.8. The van der Waals surface area contributed by atoms with Crippen molar-refractivity contribution in [3.05, 3.63) is 40.4 Å². The molecule has 0 radical (unpaired) electrons. The van der Waals surface area contributed by atoms with Crippen molar-refractivity contribution in [2.75, 3.05) is 26.2 Å². The number of nitrogens with zero attached hydrogens (tertiary/aromatic N) is 2. The van der Waals surface area contributed by atoms with Crippen LogP contribution in [0.2, 0.25) is 0 Å². The maximum Gasteiger partial charge on any atom is 0.136 e. The van der Waals surface area contributed by atoms with Crippen LogP contribution in [-0.2, 0) is 6.54 Å². The number of aromatic nitrogens is 1. The Morgan fingerprint density at radius 1 is 1.24 bits per heavy atom. The molecule has 112 valence electrons. The number of nitrogens with one attached hydrogen (secondary N) is 1. The Balaban J connectivity index is 1.87. The van der Waals surface area contributed by atoms with Gasteiger partial charge in [0.25, 0.3) is 0 Å². The highest BCUT2D eigenvalue weighted by Crippen LogP contribution is 2.32. The first kappa shape index (κ1) is 14.6. The zero-order chi connectivity index (χ0) is 14.8. The van der Waals surface area contributed by atoms with Gasteiger partial charge in [-0.15, -0.1) is 11.3 Å². The first-order valence-corrected chi connectivity index (χ1v) is 7.80. The van der Waals surface area contributed by atoms with Gasteiger partial charge in [0.1, 0.15) is 16.6 Å². The number of rotatable bonds is 3. The summed E-state index contributed by atoms with van der Waals surface area (Å²) >= 11 is 1.38. The van der Waals surface area contributed by atoms with E-state index in [4.69, 9.17) is 0 Å². The minimum atomic E-state index is -0.558. The van der Waals surface area contributed by atoms with E-state index in [0.29, 0.717) is 5.01 Å². The smallest absolute Gasteiger partial charge is 0.136 e. The molecule has 0 saturated carbocycles. The van der Waals surface area contributed by atoms with Crippen LogP contribution in [0.4, 0.5) is 8.78 Å². The third-order valence-corrected chi connectivity index (χ3v) is 4.81. The second-order valence-corrected chi connectivity index (χ2v) is 6.23. The van der Waals surface area contributed by atoms with Crippen LogP contribution in [0, 0.1) is 18.6 Å². The van der Waals surface area contributed by atoms with Crippen LogP contribution in [0.15, 0.2) is 18.2 Å². The SMILES string of the molecule is Cc1nc(-c2c(F)cccc2F)sc1CN1CCNCC1. The predicted molar refractivity (Wildman–Crippen MR) is 80.3 cm³/mol. The van der Waals surface area contributed by atoms with Crippen molar-refractivity contribution in [3.8, 4) is 10.6 Å². The van der Waals surface area contributed by atoms with Gasteiger partial charge in [0.15, 0.2) is 0 Å². The Bertz CT molecular complexity index is 616. The highest BCUT2D eigenvalue weighted by atomic mass is 32.1. The molecule has 2 aromatic rings. The second-order valence-electron chi connectivity index (χ2n) is 5.15. The largest absolute Gasteiger partial charge is 0.314 e. The lowest BCUT2D eigenvalue weighted by molar-refractivity contribution is 0.234. The summed E-state index contributed by atoms with van der Waals surface area (Å²) < 4.78 is 27.7. The van der Waals surface area contributed by atoms with Gasteiger partial charge in [0.05, 0.1) is 11.3 Å². The molecule has 1 saturated heterocycles. The third-order valence-electron chi connectivity index (χ3n) is 3.65. The topological polar surface area (TPSA) is 28.2 Å². The first-order valence-electron chi connectivity index (χ1n) is 6.99. The van der Waals surface area contributed by atoms with Gasteiger partial charge in [0.2, 0.25) is 0 Å². The zero-order valence-electron chi connectivity index (χ0n) is 11.8. The van der Waals surface area contributed by atoms with E-state index in [1.165, 1.54) is 29.5 Å². The number of halogens is 2. The highest BCUT2D eigenvalue weighted by Gasteiger charge is 2.19. The minimum absolute atomic E-state index is 0.0165. The van der Waals surface area contributed by atoms with Crippen LogP contribution in [0.1, 0.15) is 10.6 Å². The number of thiazole rings is 1.